The van der Waals surface area contributed by atoms with Crippen LogP contribution in [0.1, 0.15) is 52.1 Å². The third-order valence-corrected chi connectivity index (χ3v) is 5.81. The van der Waals surface area contributed by atoms with Crippen LogP contribution < -0.4 is 14.8 Å². The van der Waals surface area contributed by atoms with Gasteiger partial charge in [0, 0.05) is 22.4 Å². The monoisotopic (exact) mass is 510 g/mol. The van der Waals surface area contributed by atoms with Crippen LogP contribution in [0.25, 0.3) is 0 Å². The van der Waals surface area contributed by atoms with Crippen LogP contribution in [0.2, 0.25) is 0 Å². The summed E-state index contributed by atoms with van der Waals surface area (Å²) in [7, 11) is 1.58. The number of methoxy groups -OCH3 is 1. The molecule has 0 bridgehead atoms. The molecule has 0 aromatic heterocycles. The number of hydrogen-bond donors (Lipinski definition) is 1. The topological polar surface area (TPSA) is 77.0 Å². The molecule has 3 aromatic carbocycles. The van der Waals surface area contributed by atoms with Crippen molar-refractivity contribution < 1.29 is 32.2 Å². The van der Waals surface area contributed by atoms with Crippen LogP contribution in [0, 0.1) is 0 Å². The van der Waals surface area contributed by atoms with Crippen LogP contribution >= 0.6 is 0 Å². The lowest BCUT2D eigenvalue weighted by Gasteiger charge is -2.29. The zero-order valence-electron chi connectivity index (χ0n) is 20.5. The summed E-state index contributed by atoms with van der Waals surface area (Å²) in [5, 5.41) is 2.67. The molecule has 6 nitrogen and oxygen atoms in total. The van der Waals surface area contributed by atoms with Crippen molar-refractivity contribution in [1.82, 2.24) is 0 Å². The average molecular weight is 511 g/mol. The van der Waals surface area contributed by atoms with Crippen molar-refractivity contribution in [1.29, 1.82) is 0 Å². The number of hydrogen-bond acceptors (Lipinski definition) is 5. The minimum absolute atomic E-state index is 0.0711. The standard InChI is InChI=1S/C28H25F3N2O4/c1-27(2)16-19-9-12-22(36-3)14-23(19)24(33-27)15-25(34)18-5-4-6-20(13-18)32-26(35)17-7-10-21(11-8-17)37-28(29,30)31/h4-14H,15-16H2,1-3H3,(H,32,35). The molecule has 4 rings (SSSR count). The second-order valence-electron chi connectivity index (χ2n) is 9.28. The first-order valence-corrected chi connectivity index (χ1v) is 11.5. The molecular formula is C28H25F3N2O4. The van der Waals surface area contributed by atoms with E-state index >= 15 is 0 Å². The van der Waals surface area contributed by atoms with Gasteiger partial charge in [0.05, 0.1) is 24.8 Å². The Balaban J connectivity index is 1.49. The summed E-state index contributed by atoms with van der Waals surface area (Å²) >= 11 is 0. The Hall–Kier alpha value is -4.14. The maximum absolute atomic E-state index is 13.2. The predicted molar refractivity (Wildman–Crippen MR) is 134 cm³/mol. The molecule has 0 spiro atoms. The van der Waals surface area contributed by atoms with Crippen LogP contribution in [-0.4, -0.2) is 36.4 Å². The third-order valence-electron chi connectivity index (χ3n) is 5.81. The minimum atomic E-state index is -4.82. The van der Waals surface area contributed by atoms with E-state index in [1.54, 1.807) is 31.4 Å². The number of anilines is 1. The number of ether oxygens (including phenoxy) is 2. The molecule has 0 radical (unpaired) electrons. The van der Waals surface area contributed by atoms with Crippen molar-refractivity contribution in [3.8, 4) is 11.5 Å². The highest BCUT2D eigenvalue weighted by Gasteiger charge is 2.31. The molecule has 0 saturated carbocycles. The highest BCUT2D eigenvalue weighted by atomic mass is 19.4. The van der Waals surface area contributed by atoms with Gasteiger partial charge >= 0.3 is 6.36 Å². The van der Waals surface area contributed by atoms with Gasteiger partial charge in [-0.05, 0) is 74.4 Å². The Morgan fingerprint density at radius 3 is 2.35 bits per heavy atom. The van der Waals surface area contributed by atoms with E-state index in [1.165, 1.54) is 12.1 Å². The molecule has 3 aromatic rings. The predicted octanol–water partition coefficient (Wildman–Crippen LogP) is 6.24. The van der Waals surface area contributed by atoms with Gasteiger partial charge in [-0.2, -0.15) is 0 Å². The van der Waals surface area contributed by atoms with Gasteiger partial charge in [0.25, 0.3) is 5.91 Å². The highest BCUT2D eigenvalue weighted by Crippen LogP contribution is 2.31. The molecule has 1 aliphatic heterocycles. The fraction of sp³-hybridized carbons (Fsp3) is 0.250. The number of fused-ring (bicyclic) bond motifs is 1. The largest absolute Gasteiger partial charge is 0.573 e. The Morgan fingerprint density at radius 2 is 1.68 bits per heavy atom. The summed E-state index contributed by atoms with van der Waals surface area (Å²) in [4.78, 5) is 30.6. The van der Waals surface area contributed by atoms with Crippen molar-refractivity contribution in [3.05, 3.63) is 89.0 Å². The maximum Gasteiger partial charge on any atom is 0.573 e. The minimum Gasteiger partial charge on any atom is -0.497 e. The zero-order valence-corrected chi connectivity index (χ0v) is 20.5. The number of halogens is 3. The van der Waals surface area contributed by atoms with Crippen LogP contribution in [0.3, 0.4) is 0 Å². The second kappa shape index (κ2) is 10.1. The smallest absolute Gasteiger partial charge is 0.497 e. The Labute approximate surface area is 212 Å². The van der Waals surface area contributed by atoms with Gasteiger partial charge < -0.3 is 14.8 Å². The summed E-state index contributed by atoms with van der Waals surface area (Å²) in [6.45, 7) is 4.03. The van der Waals surface area contributed by atoms with Crippen LogP contribution in [0.4, 0.5) is 18.9 Å². The number of carbonyl (C=O) groups is 2. The summed E-state index contributed by atoms with van der Waals surface area (Å²) in [6, 6.07) is 16.8. The number of Topliss-reactive ketones (excluding diaryl/α,β-unsaturated/α-hetero) is 1. The molecule has 0 unspecified atom stereocenters. The van der Waals surface area contributed by atoms with Gasteiger partial charge in [0.2, 0.25) is 0 Å². The third kappa shape index (κ3) is 6.55. The van der Waals surface area contributed by atoms with E-state index in [9.17, 15) is 22.8 Å². The van der Waals surface area contributed by atoms with Crippen molar-refractivity contribution in [2.75, 3.05) is 12.4 Å². The van der Waals surface area contributed by atoms with Gasteiger partial charge in [-0.1, -0.05) is 18.2 Å². The lowest BCUT2D eigenvalue weighted by molar-refractivity contribution is -0.274. The van der Waals surface area contributed by atoms with E-state index in [4.69, 9.17) is 9.73 Å². The normalized spacial score (nSPS) is 14.3. The van der Waals surface area contributed by atoms with Gasteiger partial charge in [0.15, 0.2) is 5.78 Å². The number of nitrogens with one attached hydrogen (secondary N) is 1. The Bertz CT molecular complexity index is 1360. The van der Waals surface area contributed by atoms with Gasteiger partial charge in [-0.25, -0.2) is 0 Å². The van der Waals surface area contributed by atoms with Crippen LogP contribution in [0.15, 0.2) is 71.7 Å². The van der Waals surface area contributed by atoms with Crippen LogP contribution in [0.5, 0.6) is 11.5 Å². The van der Waals surface area contributed by atoms with E-state index in [1.807, 2.05) is 32.0 Å². The summed E-state index contributed by atoms with van der Waals surface area (Å²) in [5.74, 6) is -0.455. The quantitative estimate of drug-likeness (QED) is 0.382. The number of carbonyl (C=O) groups excluding carboxylic acids is 2. The first-order chi connectivity index (χ1) is 17.4. The average Bonchev–Trinajstić information content (AvgIpc) is 2.82. The van der Waals surface area contributed by atoms with E-state index in [0.29, 0.717) is 22.7 Å². The van der Waals surface area contributed by atoms with E-state index in [0.717, 1.165) is 29.7 Å². The maximum atomic E-state index is 13.2. The SMILES string of the molecule is COc1ccc2c(c1)C(CC(=O)c1cccc(NC(=O)c3ccc(OC(F)(F)F)cc3)c1)=NC(C)(C)C2. The van der Waals surface area contributed by atoms with Crippen molar-refractivity contribution in [3.63, 3.8) is 0 Å². The Kier molecular flexibility index (Phi) is 7.07. The second-order valence-corrected chi connectivity index (χ2v) is 9.28. The van der Waals surface area contributed by atoms with Crippen molar-refractivity contribution >= 4 is 23.1 Å². The number of amides is 1. The first kappa shape index (κ1) is 25.9. The number of alkyl halides is 3. The van der Waals surface area contributed by atoms with E-state index < -0.39 is 18.0 Å². The molecule has 0 atom stereocenters. The lowest BCUT2D eigenvalue weighted by Crippen LogP contribution is -2.30. The molecule has 192 valence electrons. The van der Waals surface area contributed by atoms with E-state index in [-0.39, 0.29) is 23.3 Å². The molecule has 1 N–H and O–H groups in total. The zero-order chi connectivity index (χ0) is 26.8. The van der Waals surface area contributed by atoms with Crippen molar-refractivity contribution in [2.45, 2.75) is 38.6 Å². The fourth-order valence-corrected chi connectivity index (χ4v) is 4.21. The van der Waals surface area contributed by atoms with Gasteiger partial charge in [-0.3, -0.25) is 14.6 Å². The number of nitrogens with zero attached hydrogens (tertiary/aromatic N) is 1. The number of benzene rings is 3. The van der Waals surface area contributed by atoms with Gasteiger partial charge in [-0.15, -0.1) is 13.2 Å². The molecule has 0 aliphatic carbocycles. The van der Waals surface area contributed by atoms with Gasteiger partial charge in [0.1, 0.15) is 11.5 Å². The lowest BCUT2D eigenvalue weighted by atomic mass is 9.85. The van der Waals surface area contributed by atoms with E-state index in [2.05, 4.69) is 10.1 Å². The molecule has 9 heteroatoms. The van der Waals surface area contributed by atoms with Crippen molar-refractivity contribution in [2.24, 2.45) is 4.99 Å². The molecule has 0 fully saturated rings. The Morgan fingerprint density at radius 1 is 0.973 bits per heavy atom. The summed E-state index contributed by atoms with van der Waals surface area (Å²) in [6.07, 6.45) is -4.00. The number of rotatable bonds is 7. The highest BCUT2D eigenvalue weighted by molar-refractivity contribution is 6.17. The molecule has 1 aliphatic rings. The number of ketones is 1. The molecular weight excluding hydrogens is 485 g/mol. The molecule has 1 heterocycles. The first-order valence-electron chi connectivity index (χ1n) is 11.5. The molecule has 37 heavy (non-hydrogen) atoms. The summed E-state index contributed by atoms with van der Waals surface area (Å²) in [5.41, 5.74) is 3.20. The number of aliphatic imine (C=N–C) groups is 1. The molecule has 1 amide bonds. The fourth-order valence-electron chi connectivity index (χ4n) is 4.21. The molecule has 0 saturated heterocycles. The summed E-state index contributed by atoms with van der Waals surface area (Å²) < 4.78 is 46.2. The van der Waals surface area contributed by atoms with Crippen LogP contribution in [-0.2, 0) is 6.42 Å².